The van der Waals surface area contributed by atoms with E-state index >= 15 is 0 Å². The van der Waals surface area contributed by atoms with Crippen LogP contribution in [0.25, 0.3) is 22.3 Å². The number of carbonyl (C=O) groups excluding carboxylic acids is 2. The second-order valence-electron chi connectivity index (χ2n) is 11.1. The van der Waals surface area contributed by atoms with Gasteiger partial charge in [0.05, 0.1) is 49.8 Å². The molecule has 5 rings (SSSR count). The highest BCUT2D eigenvalue weighted by atomic mass is 32.2. The maximum atomic E-state index is 13.6. The number of carbonyl (C=O) groups is 2. The standard InChI is InChI=1S/C33H34FN3O10S/c1-35-32(38)30-27-17-26(21-4-5-21)23(16-29(27)47-31(30)22-6-8-24(34)9-7-22)19-48(42,43)36-11-12-45-13-14-46-18-20-3-10-25(33(39)44-2)28(15-20)37(40)41/h3,6-10,15-17,21,36H,4-5,11-14,18-19H2,1-2H3,(H,35,38). The summed E-state index contributed by atoms with van der Waals surface area (Å²) < 4.78 is 63.9. The second-order valence-corrected chi connectivity index (χ2v) is 12.9. The van der Waals surface area contributed by atoms with Gasteiger partial charge in [-0.3, -0.25) is 14.9 Å². The van der Waals surface area contributed by atoms with Gasteiger partial charge in [-0.2, -0.15) is 0 Å². The average molecular weight is 684 g/mol. The quantitative estimate of drug-likeness (QED) is 0.0720. The van der Waals surface area contributed by atoms with Gasteiger partial charge in [-0.1, -0.05) is 6.07 Å². The van der Waals surface area contributed by atoms with E-state index in [1.165, 1.54) is 49.5 Å². The highest BCUT2D eigenvalue weighted by molar-refractivity contribution is 7.88. The fourth-order valence-corrected chi connectivity index (χ4v) is 6.45. The van der Waals surface area contributed by atoms with Crippen molar-refractivity contribution in [3.05, 3.63) is 98.3 Å². The van der Waals surface area contributed by atoms with E-state index in [0.717, 1.165) is 25.5 Å². The number of esters is 1. The SMILES string of the molecule is CNC(=O)c1c(-c2ccc(F)cc2)oc2cc(CS(=O)(=O)NCCOCCOCc3ccc(C(=O)OC)c([N+](=O)[O-])c3)c(C3CC3)cc12. The molecule has 1 heterocycles. The minimum atomic E-state index is -3.78. The Balaban J connectivity index is 1.17. The van der Waals surface area contributed by atoms with Crippen molar-refractivity contribution in [1.29, 1.82) is 0 Å². The number of nitrogens with zero attached hydrogens (tertiary/aromatic N) is 1. The lowest BCUT2D eigenvalue weighted by molar-refractivity contribution is -0.385. The Hall–Kier alpha value is -4.70. The Morgan fingerprint density at radius 3 is 2.44 bits per heavy atom. The van der Waals surface area contributed by atoms with Crippen LogP contribution in [0.5, 0.6) is 0 Å². The summed E-state index contributed by atoms with van der Waals surface area (Å²) in [5, 5.41) is 14.5. The van der Waals surface area contributed by atoms with Crippen LogP contribution in [0.2, 0.25) is 0 Å². The highest BCUT2D eigenvalue weighted by Crippen LogP contribution is 2.45. The Kier molecular flexibility index (Phi) is 10.8. The van der Waals surface area contributed by atoms with Gasteiger partial charge in [0.1, 0.15) is 22.7 Å². The van der Waals surface area contributed by atoms with Gasteiger partial charge in [0, 0.05) is 30.6 Å². The van der Waals surface area contributed by atoms with E-state index in [4.69, 9.17) is 13.9 Å². The second kappa shape index (κ2) is 15.0. The first-order chi connectivity index (χ1) is 23.0. The normalized spacial score (nSPS) is 13.1. The van der Waals surface area contributed by atoms with E-state index in [9.17, 15) is 32.5 Å². The number of nitro benzene ring substituents is 1. The number of ether oxygens (including phenoxy) is 3. The topological polar surface area (TPSA) is 176 Å². The number of sulfonamides is 1. The number of hydrogen-bond acceptors (Lipinski definition) is 10. The predicted molar refractivity (Wildman–Crippen MR) is 173 cm³/mol. The molecule has 0 atom stereocenters. The third-order valence-electron chi connectivity index (χ3n) is 7.75. The van der Waals surface area contributed by atoms with Crippen molar-refractivity contribution in [1.82, 2.24) is 10.0 Å². The third kappa shape index (κ3) is 8.23. The number of hydrogen-bond donors (Lipinski definition) is 2. The first-order valence-corrected chi connectivity index (χ1v) is 16.7. The Bertz CT molecular complexity index is 1940. The molecule has 1 aliphatic carbocycles. The molecule has 1 aliphatic rings. The maximum absolute atomic E-state index is 13.6. The summed E-state index contributed by atoms with van der Waals surface area (Å²) in [6.07, 6.45) is 1.80. The molecule has 2 N–H and O–H groups in total. The summed E-state index contributed by atoms with van der Waals surface area (Å²) in [6, 6.07) is 13.1. The highest BCUT2D eigenvalue weighted by Gasteiger charge is 2.31. The van der Waals surface area contributed by atoms with Crippen LogP contribution >= 0.6 is 0 Å². The molecule has 48 heavy (non-hydrogen) atoms. The summed E-state index contributed by atoms with van der Waals surface area (Å²) in [5.74, 6) is -1.48. The van der Waals surface area contributed by atoms with Crippen molar-refractivity contribution in [2.75, 3.05) is 40.5 Å². The molecular weight excluding hydrogens is 649 g/mol. The number of fused-ring (bicyclic) bond motifs is 1. The van der Waals surface area contributed by atoms with Gasteiger partial charge < -0.3 is 23.9 Å². The fourth-order valence-electron chi connectivity index (χ4n) is 5.29. The van der Waals surface area contributed by atoms with Crippen molar-refractivity contribution >= 4 is 38.6 Å². The number of amides is 1. The number of furan rings is 1. The Labute approximate surface area is 275 Å². The van der Waals surface area contributed by atoms with E-state index in [1.54, 1.807) is 6.07 Å². The van der Waals surface area contributed by atoms with Crippen LogP contribution < -0.4 is 10.0 Å². The Morgan fingerprint density at radius 2 is 1.77 bits per heavy atom. The van der Waals surface area contributed by atoms with Crippen LogP contribution in [-0.4, -0.2) is 65.7 Å². The number of nitrogens with one attached hydrogen (secondary N) is 2. The first kappa shape index (κ1) is 34.6. The summed E-state index contributed by atoms with van der Waals surface area (Å²) >= 11 is 0. The molecule has 254 valence electrons. The molecule has 1 amide bonds. The summed E-state index contributed by atoms with van der Waals surface area (Å²) in [5.41, 5.74) is 2.50. The van der Waals surface area contributed by atoms with E-state index in [2.05, 4.69) is 14.8 Å². The minimum absolute atomic E-state index is 0.0147. The number of rotatable bonds is 16. The molecule has 4 aromatic rings. The molecule has 0 bridgehead atoms. The van der Waals surface area contributed by atoms with Gasteiger partial charge in [0.25, 0.3) is 11.6 Å². The first-order valence-electron chi connectivity index (χ1n) is 15.1. The minimum Gasteiger partial charge on any atom is -0.465 e. The molecule has 3 aromatic carbocycles. The lowest BCUT2D eigenvalue weighted by atomic mass is 9.98. The molecule has 1 fully saturated rings. The van der Waals surface area contributed by atoms with E-state index in [0.29, 0.717) is 33.2 Å². The fraction of sp³-hybridized carbons (Fsp3) is 0.333. The zero-order valence-corrected chi connectivity index (χ0v) is 27.1. The van der Waals surface area contributed by atoms with Crippen LogP contribution in [-0.2, 0) is 36.6 Å². The number of methoxy groups -OCH3 is 1. The molecule has 0 unspecified atom stereocenters. The van der Waals surface area contributed by atoms with Crippen molar-refractivity contribution in [2.45, 2.75) is 31.1 Å². The van der Waals surface area contributed by atoms with Gasteiger partial charge >= 0.3 is 5.97 Å². The van der Waals surface area contributed by atoms with Crippen molar-refractivity contribution in [3.63, 3.8) is 0 Å². The van der Waals surface area contributed by atoms with E-state index in [1.807, 2.05) is 6.07 Å². The van der Waals surface area contributed by atoms with Crippen molar-refractivity contribution in [2.24, 2.45) is 0 Å². The average Bonchev–Trinajstić information content (AvgIpc) is 3.85. The molecule has 13 nitrogen and oxygen atoms in total. The van der Waals surface area contributed by atoms with Crippen LogP contribution in [0.4, 0.5) is 10.1 Å². The Morgan fingerprint density at radius 1 is 1.04 bits per heavy atom. The van der Waals surface area contributed by atoms with Crippen LogP contribution in [0.15, 0.2) is 59.0 Å². The summed E-state index contributed by atoms with van der Waals surface area (Å²) in [4.78, 5) is 35.3. The largest absolute Gasteiger partial charge is 0.465 e. The molecule has 15 heteroatoms. The van der Waals surface area contributed by atoms with Gasteiger partial charge in [0.2, 0.25) is 10.0 Å². The molecule has 0 radical (unpaired) electrons. The van der Waals surface area contributed by atoms with Crippen LogP contribution in [0.3, 0.4) is 0 Å². The van der Waals surface area contributed by atoms with Gasteiger partial charge in [-0.05, 0) is 77.9 Å². The molecule has 1 aromatic heterocycles. The monoisotopic (exact) mass is 683 g/mol. The van der Waals surface area contributed by atoms with Gasteiger partial charge in [0.15, 0.2) is 0 Å². The predicted octanol–water partition coefficient (Wildman–Crippen LogP) is 4.82. The number of nitro groups is 1. The summed E-state index contributed by atoms with van der Waals surface area (Å²) in [6.45, 7) is 0.420. The molecular formula is C33H34FN3O10S. The molecule has 0 aliphatic heterocycles. The lowest BCUT2D eigenvalue weighted by Crippen LogP contribution is -2.29. The third-order valence-corrected chi connectivity index (χ3v) is 9.08. The molecule has 0 saturated heterocycles. The lowest BCUT2D eigenvalue weighted by Gasteiger charge is -2.12. The van der Waals surface area contributed by atoms with Gasteiger partial charge in [-0.25, -0.2) is 22.3 Å². The zero-order valence-electron chi connectivity index (χ0n) is 26.2. The van der Waals surface area contributed by atoms with Crippen molar-refractivity contribution < 1.29 is 45.9 Å². The molecule has 1 saturated carbocycles. The number of halogens is 1. The van der Waals surface area contributed by atoms with Crippen LogP contribution in [0.1, 0.15) is 56.2 Å². The maximum Gasteiger partial charge on any atom is 0.344 e. The van der Waals surface area contributed by atoms with E-state index < -0.39 is 26.7 Å². The molecule has 0 spiro atoms. The van der Waals surface area contributed by atoms with Crippen molar-refractivity contribution in [3.8, 4) is 11.3 Å². The van der Waals surface area contributed by atoms with E-state index in [-0.39, 0.29) is 67.6 Å². The smallest absolute Gasteiger partial charge is 0.344 e. The summed E-state index contributed by atoms with van der Waals surface area (Å²) in [7, 11) is -1.14. The number of benzene rings is 3. The van der Waals surface area contributed by atoms with Gasteiger partial charge in [-0.15, -0.1) is 0 Å². The zero-order chi connectivity index (χ0) is 34.4. The van der Waals surface area contributed by atoms with Crippen LogP contribution in [0, 0.1) is 15.9 Å².